The van der Waals surface area contributed by atoms with E-state index in [1.54, 1.807) is 0 Å². The standard InChI is InChI=1S/C53H35BN2Si/c1-53(2)40-23-9-6-20-37(40)51-48(53)38-22-14-21-36-39-30-33(32-16-4-3-5-17-32)31-43-49(39)54(56(51)50(36)38)41-24-15-29-47-52(41)55(43)42-25-10-13-28-46(42)57(47)44-26-11-7-18-34(44)35-19-8-12-27-45(35)57/h3-31H,1-2H3. The highest BCUT2D eigenvalue weighted by Crippen LogP contribution is 2.56. The Morgan fingerprint density at radius 3 is 1.91 bits per heavy atom. The Hall–Kier alpha value is -6.62. The Morgan fingerprint density at radius 2 is 1.12 bits per heavy atom. The highest BCUT2D eigenvalue weighted by Gasteiger charge is 2.57. The molecule has 9 aromatic rings. The Bertz CT molecular complexity index is 3260. The van der Waals surface area contributed by atoms with Gasteiger partial charge in [-0.3, -0.25) is 0 Å². The van der Waals surface area contributed by atoms with Crippen molar-refractivity contribution in [3.63, 3.8) is 0 Å². The highest BCUT2D eigenvalue weighted by atomic mass is 28.3. The highest BCUT2D eigenvalue weighted by molar-refractivity contribution is 7.24. The van der Waals surface area contributed by atoms with Gasteiger partial charge in [0.25, 0.3) is 0 Å². The van der Waals surface area contributed by atoms with E-state index in [1.807, 2.05) is 0 Å². The molecule has 0 amide bonds. The summed E-state index contributed by atoms with van der Waals surface area (Å²) in [5.74, 6) is 0. The summed E-state index contributed by atoms with van der Waals surface area (Å²) in [6.45, 7) is 4.87. The summed E-state index contributed by atoms with van der Waals surface area (Å²) in [5, 5.41) is 7.35. The van der Waals surface area contributed by atoms with E-state index < -0.39 is 8.07 Å². The number of aromatic nitrogens is 1. The van der Waals surface area contributed by atoms with Gasteiger partial charge in [-0.15, -0.1) is 0 Å². The number of fused-ring (bicyclic) bond motifs is 18. The van der Waals surface area contributed by atoms with Crippen molar-refractivity contribution < 1.29 is 0 Å². The first-order valence-corrected chi connectivity index (χ1v) is 22.3. The van der Waals surface area contributed by atoms with Gasteiger partial charge in [0.05, 0.1) is 0 Å². The maximum Gasteiger partial charge on any atom is 0.333 e. The molecule has 1 spiro atoms. The lowest BCUT2D eigenvalue weighted by Gasteiger charge is -2.49. The molecule has 264 valence electrons. The first-order chi connectivity index (χ1) is 28.1. The van der Waals surface area contributed by atoms with Crippen LogP contribution in [0.3, 0.4) is 0 Å². The minimum absolute atomic E-state index is 0.00247. The SMILES string of the molecule is CC1(C)c2ccccc2-c2c1c1cccc3c1n2B1c2cccc4c2N(c2ccccc2[Si]42c4ccccc4-c4ccccc42)c2cc(-c4ccccc4)cc-3c21. The van der Waals surface area contributed by atoms with E-state index in [4.69, 9.17) is 0 Å². The molecule has 1 aromatic heterocycles. The van der Waals surface area contributed by atoms with Gasteiger partial charge in [-0.2, -0.15) is 0 Å². The molecular weight excluding hydrogens is 703 g/mol. The van der Waals surface area contributed by atoms with Gasteiger partial charge >= 0.3 is 6.85 Å². The van der Waals surface area contributed by atoms with Crippen LogP contribution in [0.1, 0.15) is 25.0 Å². The van der Waals surface area contributed by atoms with Crippen LogP contribution in [0, 0.1) is 0 Å². The van der Waals surface area contributed by atoms with Gasteiger partial charge in [0.15, 0.2) is 8.07 Å². The number of hydrogen-bond acceptors (Lipinski definition) is 1. The van der Waals surface area contributed by atoms with Gasteiger partial charge < -0.3 is 9.38 Å². The molecule has 0 N–H and O–H groups in total. The van der Waals surface area contributed by atoms with Crippen molar-refractivity contribution >= 4 is 74.6 Å². The molecule has 0 saturated heterocycles. The Labute approximate surface area is 333 Å². The summed E-state index contributed by atoms with van der Waals surface area (Å²) in [7, 11) is -2.76. The molecule has 0 bridgehead atoms. The van der Waals surface area contributed by atoms with Crippen molar-refractivity contribution in [2.24, 2.45) is 0 Å². The smallest absolute Gasteiger partial charge is 0.333 e. The molecule has 8 aromatic carbocycles. The lowest BCUT2D eigenvalue weighted by molar-refractivity contribution is 0.666. The number of benzene rings is 8. The van der Waals surface area contributed by atoms with Crippen LogP contribution in [0.25, 0.3) is 55.5 Å². The van der Waals surface area contributed by atoms with Gasteiger partial charge in [0.1, 0.15) is 0 Å². The molecule has 5 heterocycles. The van der Waals surface area contributed by atoms with Crippen molar-refractivity contribution in [3.05, 3.63) is 187 Å². The van der Waals surface area contributed by atoms with E-state index in [1.165, 1.54) is 115 Å². The van der Waals surface area contributed by atoms with Crippen molar-refractivity contribution in [2.45, 2.75) is 19.3 Å². The summed E-state index contributed by atoms with van der Waals surface area (Å²) in [6, 6.07) is 67.7. The lowest BCUT2D eigenvalue weighted by Crippen LogP contribution is -2.77. The maximum atomic E-state index is 2.79. The fourth-order valence-electron chi connectivity index (χ4n) is 12.3. The van der Waals surface area contributed by atoms with Gasteiger partial charge in [-0.05, 0) is 88.8 Å². The van der Waals surface area contributed by atoms with Gasteiger partial charge in [-0.1, -0.05) is 172 Å². The van der Waals surface area contributed by atoms with Crippen LogP contribution in [-0.2, 0) is 5.41 Å². The fourth-order valence-corrected chi connectivity index (χ4v) is 17.9. The topological polar surface area (TPSA) is 8.17 Å². The first kappa shape index (κ1) is 30.6. The Balaban J connectivity index is 1.19. The van der Waals surface area contributed by atoms with Crippen LogP contribution in [0.5, 0.6) is 0 Å². The maximum absolute atomic E-state index is 2.79. The Morgan fingerprint density at radius 1 is 0.491 bits per heavy atom. The minimum atomic E-state index is -2.76. The van der Waals surface area contributed by atoms with E-state index in [0.29, 0.717) is 0 Å². The van der Waals surface area contributed by atoms with Gasteiger partial charge in [-0.25, -0.2) is 0 Å². The lowest BCUT2D eigenvalue weighted by atomic mass is 9.45. The van der Waals surface area contributed by atoms with Crippen molar-refractivity contribution in [1.82, 2.24) is 4.48 Å². The quantitative estimate of drug-likeness (QED) is 0.153. The van der Waals surface area contributed by atoms with E-state index >= 15 is 0 Å². The van der Waals surface area contributed by atoms with E-state index in [9.17, 15) is 0 Å². The average Bonchev–Trinajstić information content (AvgIpc) is 3.85. The number of para-hydroxylation sites is 3. The Kier molecular flexibility index (Phi) is 5.48. The third-order valence-electron chi connectivity index (χ3n) is 14.3. The number of nitrogens with zero attached hydrogens (tertiary/aromatic N) is 2. The van der Waals surface area contributed by atoms with Crippen LogP contribution in [0.2, 0.25) is 0 Å². The zero-order chi connectivity index (χ0) is 37.4. The summed E-state index contributed by atoms with van der Waals surface area (Å²) in [6.07, 6.45) is 0. The van der Waals surface area contributed by atoms with Crippen LogP contribution >= 0.6 is 0 Å². The average molecular weight is 739 g/mol. The third-order valence-corrected chi connectivity index (χ3v) is 19.3. The van der Waals surface area contributed by atoms with E-state index in [-0.39, 0.29) is 12.3 Å². The predicted molar refractivity (Wildman–Crippen MR) is 242 cm³/mol. The second kappa shape index (κ2) is 10.2. The van der Waals surface area contributed by atoms with Gasteiger partial charge in [0, 0.05) is 50.2 Å². The molecule has 14 rings (SSSR count). The van der Waals surface area contributed by atoms with Crippen LogP contribution in [0.15, 0.2) is 176 Å². The fraction of sp³-hybridized carbons (Fsp3) is 0.0566. The summed E-state index contributed by atoms with van der Waals surface area (Å²) < 4.78 is 2.79. The zero-order valence-electron chi connectivity index (χ0n) is 31.7. The third kappa shape index (κ3) is 3.37. The van der Waals surface area contributed by atoms with Crippen LogP contribution in [-0.4, -0.2) is 19.4 Å². The van der Waals surface area contributed by atoms with Crippen LogP contribution in [0.4, 0.5) is 17.1 Å². The second-order valence-electron chi connectivity index (χ2n) is 17.1. The van der Waals surface area contributed by atoms with Crippen molar-refractivity contribution in [3.8, 4) is 44.6 Å². The molecule has 2 nitrogen and oxygen atoms in total. The molecule has 57 heavy (non-hydrogen) atoms. The molecule has 0 atom stereocenters. The molecule has 0 saturated carbocycles. The van der Waals surface area contributed by atoms with Gasteiger partial charge in [0.2, 0.25) is 0 Å². The van der Waals surface area contributed by atoms with Crippen molar-refractivity contribution in [2.75, 3.05) is 4.90 Å². The van der Waals surface area contributed by atoms with Crippen molar-refractivity contribution in [1.29, 1.82) is 0 Å². The number of rotatable bonds is 1. The summed E-state index contributed by atoms with van der Waals surface area (Å²) >= 11 is 0. The largest absolute Gasteiger partial charge is 0.375 e. The zero-order valence-corrected chi connectivity index (χ0v) is 32.7. The molecule has 4 aliphatic heterocycles. The monoisotopic (exact) mass is 738 g/mol. The predicted octanol–water partition coefficient (Wildman–Crippen LogP) is 8.70. The summed E-state index contributed by atoms with van der Waals surface area (Å²) in [5.41, 5.74) is 21.6. The van der Waals surface area contributed by atoms with E-state index in [0.717, 1.165) is 0 Å². The molecule has 0 radical (unpaired) electrons. The second-order valence-corrected chi connectivity index (χ2v) is 20.8. The number of hydrogen-bond donors (Lipinski definition) is 0. The summed E-state index contributed by atoms with van der Waals surface area (Å²) in [4.78, 5) is 2.69. The molecule has 5 aliphatic rings. The molecular formula is C53H35BN2Si. The molecule has 0 unspecified atom stereocenters. The first-order valence-electron chi connectivity index (χ1n) is 20.3. The van der Waals surface area contributed by atoms with E-state index in [2.05, 4.69) is 199 Å². The molecule has 4 heteroatoms. The molecule has 0 fully saturated rings. The number of anilines is 3. The normalized spacial score (nSPS) is 15.8. The molecule has 1 aliphatic carbocycles. The van der Waals surface area contributed by atoms with Crippen LogP contribution < -0.4 is 36.6 Å². The minimum Gasteiger partial charge on any atom is -0.375 e.